The zero-order valence-electron chi connectivity index (χ0n) is 12.8. The van der Waals surface area contributed by atoms with Gasteiger partial charge in [-0.2, -0.15) is 0 Å². The van der Waals surface area contributed by atoms with Crippen LogP contribution >= 0.6 is 11.3 Å². The highest BCUT2D eigenvalue weighted by molar-refractivity contribution is 7.17. The van der Waals surface area contributed by atoms with E-state index >= 15 is 0 Å². The summed E-state index contributed by atoms with van der Waals surface area (Å²) < 4.78 is 0. The van der Waals surface area contributed by atoms with E-state index in [-0.39, 0.29) is 0 Å². The van der Waals surface area contributed by atoms with Crippen LogP contribution in [0.1, 0.15) is 36.5 Å². The molecule has 3 aromatic rings. The van der Waals surface area contributed by atoms with Crippen LogP contribution in [-0.4, -0.2) is 16.0 Å². The van der Waals surface area contributed by atoms with Crippen molar-refractivity contribution < 1.29 is 0 Å². The van der Waals surface area contributed by atoms with E-state index in [4.69, 9.17) is 0 Å². The van der Waals surface area contributed by atoms with Crippen LogP contribution < -0.4 is 5.32 Å². The van der Waals surface area contributed by atoms with Crippen LogP contribution in [0.25, 0.3) is 10.2 Å². The summed E-state index contributed by atoms with van der Waals surface area (Å²) in [6.07, 6.45) is 3.82. The molecule has 0 saturated carbocycles. The number of hydrogen-bond acceptors (Lipinski definition) is 4. The molecule has 0 bridgehead atoms. The lowest BCUT2D eigenvalue weighted by molar-refractivity contribution is 0.769. The molecule has 0 amide bonds. The smallest absolute Gasteiger partial charge is 0.138 e. The van der Waals surface area contributed by atoms with Crippen LogP contribution in [0.4, 0.5) is 5.82 Å². The maximum Gasteiger partial charge on any atom is 0.138 e. The van der Waals surface area contributed by atoms with Crippen molar-refractivity contribution >= 4 is 27.4 Å². The van der Waals surface area contributed by atoms with Gasteiger partial charge in [0.15, 0.2) is 0 Å². The summed E-state index contributed by atoms with van der Waals surface area (Å²) in [6, 6.07) is 9.14. The van der Waals surface area contributed by atoms with E-state index in [2.05, 4.69) is 58.8 Å². The van der Waals surface area contributed by atoms with Crippen molar-refractivity contribution in [2.45, 2.75) is 38.6 Å². The molecule has 0 aliphatic heterocycles. The number of nitrogens with one attached hydrogen (secondary N) is 1. The summed E-state index contributed by atoms with van der Waals surface area (Å²) in [6.45, 7) is 4.45. The third-order valence-electron chi connectivity index (χ3n) is 4.41. The number of fused-ring (bicyclic) bond motifs is 2. The number of benzene rings is 1. The van der Waals surface area contributed by atoms with E-state index in [0.29, 0.717) is 12.0 Å². The van der Waals surface area contributed by atoms with Crippen LogP contribution in [0.2, 0.25) is 0 Å². The van der Waals surface area contributed by atoms with Gasteiger partial charge < -0.3 is 5.32 Å². The molecule has 0 spiro atoms. The Morgan fingerprint density at radius 3 is 2.55 bits per heavy atom. The van der Waals surface area contributed by atoms with Crippen LogP contribution in [0.3, 0.4) is 0 Å². The highest BCUT2D eigenvalue weighted by Gasteiger charge is 2.23. The fourth-order valence-corrected chi connectivity index (χ4v) is 4.35. The number of thiophene rings is 1. The van der Waals surface area contributed by atoms with Gasteiger partial charge in [-0.25, -0.2) is 9.97 Å². The molecule has 2 aromatic heterocycles. The minimum atomic E-state index is 0.426. The van der Waals surface area contributed by atoms with Gasteiger partial charge in [0.1, 0.15) is 17.0 Å². The minimum absolute atomic E-state index is 0.426. The normalized spacial score (nSPS) is 14.7. The van der Waals surface area contributed by atoms with Gasteiger partial charge in [-0.15, -0.1) is 11.3 Å². The predicted octanol–water partition coefficient (Wildman–Crippen LogP) is 4.39. The summed E-state index contributed by atoms with van der Waals surface area (Å²) in [5, 5.41) is 7.10. The van der Waals surface area contributed by atoms with Crippen molar-refractivity contribution in [1.29, 1.82) is 0 Å². The minimum Gasteiger partial charge on any atom is -0.366 e. The van der Waals surface area contributed by atoms with Gasteiger partial charge in [0.25, 0.3) is 0 Å². The number of aromatic nitrogens is 2. The van der Waals surface area contributed by atoms with E-state index in [1.807, 2.05) is 0 Å². The molecule has 1 aliphatic carbocycles. The summed E-state index contributed by atoms with van der Waals surface area (Å²) in [4.78, 5) is 10.0. The average molecular weight is 309 g/mol. The second-order valence-corrected chi connectivity index (χ2v) is 7.12. The van der Waals surface area contributed by atoms with E-state index in [1.54, 1.807) is 17.7 Å². The molecule has 4 heteroatoms. The van der Waals surface area contributed by atoms with Gasteiger partial charge in [0, 0.05) is 6.04 Å². The Morgan fingerprint density at radius 2 is 1.86 bits per heavy atom. The Labute approximate surface area is 134 Å². The van der Waals surface area contributed by atoms with Crippen molar-refractivity contribution in [3.63, 3.8) is 0 Å². The molecule has 112 valence electrons. The van der Waals surface area contributed by atoms with E-state index in [9.17, 15) is 0 Å². The maximum absolute atomic E-state index is 4.53. The zero-order valence-corrected chi connectivity index (χ0v) is 13.7. The molecular weight excluding hydrogens is 290 g/mol. The molecule has 0 atom stereocenters. The van der Waals surface area contributed by atoms with Crippen molar-refractivity contribution in [1.82, 2.24) is 9.97 Å². The van der Waals surface area contributed by atoms with Gasteiger partial charge in [-0.3, -0.25) is 0 Å². The molecule has 2 heterocycles. The first-order chi connectivity index (χ1) is 10.7. The second-order valence-electron chi connectivity index (χ2n) is 6.27. The molecule has 0 radical (unpaired) electrons. The van der Waals surface area contributed by atoms with Gasteiger partial charge in [0.2, 0.25) is 0 Å². The standard InChI is InChI=1S/C18H19N3S/c1-11(2)15-9-22-18-16(15)17(19-10-20-18)21-14-7-12-5-3-4-6-13(12)8-14/h3-6,9-11,14H,7-8H2,1-2H3,(H,19,20,21). The monoisotopic (exact) mass is 309 g/mol. The molecule has 1 aliphatic rings. The van der Waals surface area contributed by atoms with Crippen LogP contribution in [-0.2, 0) is 12.8 Å². The van der Waals surface area contributed by atoms with Crippen molar-refractivity contribution in [3.05, 3.63) is 52.7 Å². The third kappa shape index (κ3) is 2.28. The molecule has 0 saturated heterocycles. The molecule has 3 nitrogen and oxygen atoms in total. The Hall–Kier alpha value is -1.94. The fourth-order valence-electron chi connectivity index (χ4n) is 3.29. The summed E-state index contributed by atoms with van der Waals surface area (Å²) in [5.74, 6) is 1.48. The molecule has 4 rings (SSSR count). The highest BCUT2D eigenvalue weighted by Crippen LogP contribution is 2.35. The van der Waals surface area contributed by atoms with Crippen LogP contribution in [0.5, 0.6) is 0 Å². The molecule has 0 unspecified atom stereocenters. The lowest BCUT2D eigenvalue weighted by Gasteiger charge is -2.15. The topological polar surface area (TPSA) is 37.8 Å². The number of anilines is 1. The summed E-state index contributed by atoms with van der Waals surface area (Å²) in [5.41, 5.74) is 4.26. The molecule has 22 heavy (non-hydrogen) atoms. The third-order valence-corrected chi connectivity index (χ3v) is 5.32. The van der Waals surface area contributed by atoms with Gasteiger partial charge in [0.05, 0.1) is 5.39 Å². The average Bonchev–Trinajstić information content (AvgIpc) is 3.10. The number of rotatable bonds is 3. The molecular formula is C18H19N3S. The lowest BCUT2D eigenvalue weighted by atomic mass is 10.0. The number of nitrogens with zero attached hydrogens (tertiary/aromatic N) is 2. The molecule has 1 N–H and O–H groups in total. The van der Waals surface area contributed by atoms with Crippen molar-refractivity contribution in [2.24, 2.45) is 0 Å². The van der Waals surface area contributed by atoms with Gasteiger partial charge in [-0.05, 0) is 40.8 Å². The van der Waals surface area contributed by atoms with E-state index < -0.39 is 0 Å². The molecule has 0 fully saturated rings. The number of hydrogen-bond donors (Lipinski definition) is 1. The first-order valence-electron chi connectivity index (χ1n) is 7.78. The molecule has 1 aromatic carbocycles. The Bertz CT molecular complexity index is 797. The van der Waals surface area contributed by atoms with Crippen LogP contribution in [0, 0.1) is 0 Å². The highest BCUT2D eigenvalue weighted by atomic mass is 32.1. The van der Waals surface area contributed by atoms with Crippen molar-refractivity contribution in [3.8, 4) is 0 Å². The lowest BCUT2D eigenvalue weighted by Crippen LogP contribution is -2.20. The Morgan fingerprint density at radius 1 is 1.14 bits per heavy atom. The maximum atomic E-state index is 4.53. The largest absolute Gasteiger partial charge is 0.366 e. The van der Waals surface area contributed by atoms with Crippen molar-refractivity contribution in [2.75, 3.05) is 5.32 Å². The Balaban J connectivity index is 1.67. The van der Waals surface area contributed by atoms with E-state index in [0.717, 1.165) is 23.5 Å². The van der Waals surface area contributed by atoms with E-state index in [1.165, 1.54) is 22.1 Å². The van der Waals surface area contributed by atoms with Gasteiger partial charge >= 0.3 is 0 Å². The second kappa shape index (κ2) is 5.36. The summed E-state index contributed by atoms with van der Waals surface area (Å²) >= 11 is 1.71. The van der Waals surface area contributed by atoms with Gasteiger partial charge in [-0.1, -0.05) is 38.1 Å². The predicted molar refractivity (Wildman–Crippen MR) is 92.8 cm³/mol. The Kier molecular flexibility index (Phi) is 3.34. The van der Waals surface area contributed by atoms with Crippen LogP contribution in [0.15, 0.2) is 36.0 Å². The fraction of sp³-hybridized carbons (Fsp3) is 0.333. The SMILES string of the molecule is CC(C)c1csc2ncnc(NC3Cc4ccccc4C3)c12. The zero-order chi connectivity index (χ0) is 15.1. The first-order valence-corrected chi connectivity index (χ1v) is 8.65. The first kappa shape index (κ1) is 13.7. The quantitative estimate of drug-likeness (QED) is 0.779. The summed E-state index contributed by atoms with van der Waals surface area (Å²) in [7, 11) is 0.